The lowest BCUT2D eigenvalue weighted by Gasteiger charge is -2.44. The van der Waals surface area contributed by atoms with Crippen LogP contribution in [0.2, 0.25) is 5.02 Å². The minimum atomic E-state index is -0.214. The van der Waals surface area contributed by atoms with Gasteiger partial charge < -0.3 is 15.0 Å². The first-order chi connectivity index (χ1) is 14.6. The molecule has 0 bridgehead atoms. The lowest BCUT2D eigenvalue weighted by Crippen LogP contribution is -2.57. The van der Waals surface area contributed by atoms with E-state index in [0.29, 0.717) is 5.02 Å². The van der Waals surface area contributed by atoms with Crippen molar-refractivity contribution in [3.05, 3.63) is 40.6 Å². The fraction of sp³-hybridized carbons (Fsp3) is 0.583. The van der Waals surface area contributed by atoms with Gasteiger partial charge in [-0.2, -0.15) is 0 Å². The molecule has 3 fully saturated rings. The number of morpholine rings is 1. The number of amides is 2. The van der Waals surface area contributed by atoms with Crippen LogP contribution >= 0.6 is 11.6 Å². The van der Waals surface area contributed by atoms with E-state index in [1.54, 1.807) is 17.0 Å². The molecule has 1 aliphatic heterocycles. The standard InChI is InChI=1S/C24H31ClN2O3/c25-19-12-6-5-9-17(19)15-22-24(29)27(20-13-7-8-14-21(20)30-22)16-23(28)26-18-10-3-1-2-4-11-18/h5-6,9,12,15,18,20-21H,1-4,7-8,10-11,13-14,16H2,(H,26,28)/b22-15+. The molecule has 3 aliphatic rings. The normalized spacial score (nSPS) is 26.6. The molecular weight excluding hydrogens is 400 g/mol. The first-order valence-electron chi connectivity index (χ1n) is 11.3. The zero-order valence-corrected chi connectivity index (χ0v) is 18.2. The van der Waals surface area contributed by atoms with E-state index in [1.165, 1.54) is 12.8 Å². The van der Waals surface area contributed by atoms with E-state index < -0.39 is 0 Å². The molecule has 1 aromatic carbocycles. The van der Waals surface area contributed by atoms with Gasteiger partial charge in [-0.05, 0) is 49.8 Å². The van der Waals surface area contributed by atoms with Gasteiger partial charge in [0.25, 0.3) is 5.91 Å². The molecular formula is C24H31ClN2O3. The number of hydrogen-bond acceptors (Lipinski definition) is 3. The van der Waals surface area contributed by atoms with E-state index in [4.69, 9.17) is 16.3 Å². The predicted octanol–water partition coefficient (Wildman–Crippen LogP) is 4.69. The first-order valence-corrected chi connectivity index (χ1v) is 11.7. The lowest BCUT2D eigenvalue weighted by molar-refractivity contribution is -0.152. The van der Waals surface area contributed by atoms with Gasteiger partial charge in [0.1, 0.15) is 12.6 Å². The van der Waals surface area contributed by atoms with E-state index in [2.05, 4.69) is 5.32 Å². The smallest absolute Gasteiger partial charge is 0.289 e. The average Bonchev–Trinajstić information content (AvgIpc) is 3.01. The maximum Gasteiger partial charge on any atom is 0.289 e. The third-order valence-electron chi connectivity index (χ3n) is 6.54. The predicted molar refractivity (Wildman–Crippen MR) is 118 cm³/mol. The second-order valence-corrected chi connectivity index (χ2v) is 9.13. The van der Waals surface area contributed by atoms with Crippen LogP contribution in [-0.2, 0) is 14.3 Å². The molecule has 1 saturated heterocycles. The second kappa shape index (κ2) is 9.86. The van der Waals surface area contributed by atoms with Gasteiger partial charge in [-0.25, -0.2) is 0 Å². The topological polar surface area (TPSA) is 58.6 Å². The van der Waals surface area contributed by atoms with Crippen LogP contribution in [0.5, 0.6) is 0 Å². The second-order valence-electron chi connectivity index (χ2n) is 8.73. The number of rotatable bonds is 4. The quantitative estimate of drug-likeness (QED) is 0.556. The van der Waals surface area contributed by atoms with Crippen molar-refractivity contribution in [1.29, 1.82) is 0 Å². The maximum atomic E-state index is 13.3. The van der Waals surface area contributed by atoms with Gasteiger partial charge in [0.05, 0.1) is 6.04 Å². The number of fused-ring (bicyclic) bond motifs is 1. The molecule has 1 heterocycles. The Morgan fingerprint density at radius 2 is 1.77 bits per heavy atom. The Bertz CT molecular complexity index is 801. The zero-order valence-electron chi connectivity index (χ0n) is 17.4. The summed E-state index contributed by atoms with van der Waals surface area (Å²) in [5.74, 6) is 0.0150. The minimum absolute atomic E-state index is 0.0328. The summed E-state index contributed by atoms with van der Waals surface area (Å²) in [6, 6.07) is 7.60. The highest BCUT2D eigenvalue weighted by Gasteiger charge is 2.42. The number of hydrogen-bond donors (Lipinski definition) is 1. The minimum Gasteiger partial charge on any atom is -0.482 e. The molecule has 30 heavy (non-hydrogen) atoms. The summed E-state index contributed by atoms with van der Waals surface area (Å²) >= 11 is 6.28. The zero-order chi connectivity index (χ0) is 20.9. The van der Waals surface area contributed by atoms with Gasteiger partial charge in [-0.3, -0.25) is 9.59 Å². The van der Waals surface area contributed by atoms with E-state index in [1.807, 2.05) is 18.2 Å². The molecule has 4 rings (SSSR count). The molecule has 1 aromatic rings. The Balaban J connectivity index is 1.51. The number of nitrogens with zero attached hydrogens (tertiary/aromatic N) is 1. The summed E-state index contributed by atoms with van der Waals surface area (Å²) in [6.45, 7) is 0.0969. The highest BCUT2D eigenvalue weighted by molar-refractivity contribution is 6.32. The number of halogens is 1. The fourth-order valence-electron chi connectivity index (χ4n) is 4.95. The number of carbonyl (C=O) groups excluding carboxylic acids is 2. The molecule has 2 saturated carbocycles. The summed E-state index contributed by atoms with van der Waals surface area (Å²) in [6.07, 6.45) is 12.5. The van der Waals surface area contributed by atoms with Crippen LogP contribution in [0.1, 0.15) is 69.8 Å². The Morgan fingerprint density at radius 1 is 1.07 bits per heavy atom. The molecule has 5 nitrogen and oxygen atoms in total. The summed E-state index contributed by atoms with van der Waals surface area (Å²) in [4.78, 5) is 27.9. The van der Waals surface area contributed by atoms with Crippen molar-refractivity contribution in [3.8, 4) is 0 Å². The first kappa shape index (κ1) is 21.2. The van der Waals surface area contributed by atoms with Crippen LogP contribution in [0, 0.1) is 0 Å². The molecule has 2 atom stereocenters. The summed E-state index contributed by atoms with van der Waals surface area (Å²) in [7, 11) is 0. The Hall–Kier alpha value is -2.01. The largest absolute Gasteiger partial charge is 0.482 e. The van der Waals surface area contributed by atoms with E-state index in [0.717, 1.165) is 56.9 Å². The van der Waals surface area contributed by atoms with E-state index >= 15 is 0 Å². The third kappa shape index (κ3) is 5.00. The van der Waals surface area contributed by atoms with Crippen LogP contribution in [-0.4, -0.2) is 41.4 Å². The maximum absolute atomic E-state index is 13.3. The van der Waals surface area contributed by atoms with E-state index in [-0.39, 0.29) is 42.3 Å². The third-order valence-corrected chi connectivity index (χ3v) is 6.89. The SMILES string of the molecule is O=C(CN1C(=O)/C(=C\c2ccccc2Cl)OC2CCCCC21)NC1CCCCCC1. The highest BCUT2D eigenvalue weighted by Crippen LogP contribution is 2.33. The molecule has 0 aromatic heterocycles. The van der Waals surface area contributed by atoms with Crippen molar-refractivity contribution < 1.29 is 14.3 Å². The summed E-state index contributed by atoms with van der Waals surface area (Å²) < 4.78 is 6.12. The van der Waals surface area contributed by atoms with Crippen LogP contribution in [0.4, 0.5) is 0 Å². The summed E-state index contributed by atoms with van der Waals surface area (Å²) in [5.41, 5.74) is 0.750. The van der Waals surface area contributed by atoms with Gasteiger partial charge in [-0.1, -0.05) is 61.9 Å². The van der Waals surface area contributed by atoms with Crippen LogP contribution in [0.15, 0.2) is 30.0 Å². The van der Waals surface area contributed by atoms with Gasteiger partial charge in [-0.15, -0.1) is 0 Å². The number of benzene rings is 1. The molecule has 162 valence electrons. The van der Waals surface area contributed by atoms with Crippen molar-refractivity contribution in [2.45, 2.75) is 82.4 Å². The lowest BCUT2D eigenvalue weighted by atomic mass is 9.89. The molecule has 0 spiro atoms. The molecule has 2 amide bonds. The van der Waals surface area contributed by atoms with Crippen LogP contribution in [0.25, 0.3) is 6.08 Å². The van der Waals surface area contributed by atoms with Crippen LogP contribution in [0.3, 0.4) is 0 Å². The molecule has 1 N–H and O–H groups in total. The number of carbonyl (C=O) groups is 2. The average molecular weight is 431 g/mol. The molecule has 2 aliphatic carbocycles. The van der Waals surface area contributed by atoms with Crippen LogP contribution < -0.4 is 5.32 Å². The van der Waals surface area contributed by atoms with Gasteiger partial charge in [0, 0.05) is 11.1 Å². The van der Waals surface area contributed by atoms with Gasteiger partial charge in [0.2, 0.25) is 5.91 Å². The van der Waals surface area contributed by atoms with Crippen molar-refractivity contribution in [3.63, 3.8) is 0 Å². The monoisotopic (exact) mass is 430 g/mol. The Morgan fingerprint density at radius 3 is 2.53 bits per heavy atom. The molecule has 2 unspecified atom stereocenters. The fourth-order valence-corrected chi connectivity index (χ4v) is 5.14. The van der Waals surface area contributed by atoms with Crippen molar-refractivity contribution in [2.24, 2.45) is 0 Å². The Labute approximate surface area is 183 Å². The summed E-state index contributed by atoms with van der Waals surface area (Å²) in [5, 5.41) is 3.76. The number of ether oxygens (including phenoxy) is 1. The molecule has 6 heteroatoms. The van der Waals surface area contributed by atoms with Crippen molar-refractivity contribution in [2.75, 3.05) is 6.54 Å². The van der Waals surface area contributed by atoms with Gasteiger partial charge in [0.15, 0.2) is 5.76 Å². The van der Waals surface area contributed by atoms with Crippen molar-refractivity contribution in [1.82, 2.24) is 10.2 Å². The Kier molecular flexibility index (Phi) is 6.98. The highest BCUT2D eigenvalue weighted by atomic mass is 35.5. The van der Waals surface area contributed by atoms with E-state index in [9.17, 15) is 9.59 Å². The number of nitrogens with one attached hydrogen (secondary N) is 1. The van der Waals surface area contributed by atoms with Gasteiger partial charge >= 0.3 is 0 Å². The van der Waals surface area contributed by atoms with Crippen molar-refractivity contribution >= 4 is 29.5 Å². The molecule has 0 radical (unpaired) electrons.